The molecule has 3 rings (SSSR count). The zero-order valence-corrected chi connectivity index (χ0v) is 13.8. The van der Waals surface area contributed by atoms with Crippen molar-refractivity contribution in [3.63, 3.8) is 0 Å². The van der Waals surface area contributed by atoms with E-state index in [1.54, 1.807) is 14.0 Å². The fourth-order valence-corrected chi connectivity index (χ4v) is 2.69. The highest BCUT2D eigenvalue weighted by molar-refractivity contribution is 7.99. The zero-order chi connectivity index (χ0) is 16.2. The lowest BCUT2D eigenvalue weighted by Gasteiger charge is -2.01. The molecule has 0 spiro atoms. The van der Waals surface area contributed by atoms with E-state index in [1.807, 2.05) is 31.2 Å². The Kier molecular flexibility index (Phi) is 4.61. The van der Waals surface area contributed by atoms with Crippen molar-refractivity contribution >= 4 is 11.8 Å². The summed E-state index contributed by atoms with van der Waals surface area (Å²) in [4.78, 5) is 4.20. The third-order valence-electron chi connectivity index (χ3n) is 3.13. The summed E-state index contributed by atoms with van der Waals surface area (Å²) in [6.07, 6.45) is 0.575. The first-order valence-electron chi connectivity index (χ1n) is 7.06. The molecule has 23 heavy (non-hydrogen) atoms. The number of aromatic nitrogens is 4. The molecule has 1 aromatic carbocycles. The minimum atomic E-state index is -0.0505. The minimum absolute atomic E-state index is 0.0505. The Morgan fingerprint density at radius 3 is 2.65 bits per heavy atom. The molecule has 0 saturated carbocycles. The van der Waals surface area contributed by atoms with Gasteiger partial charge in [-0.3, -0.25) is 0 Å². The van der Waals surface area contributed by atoms with Crippen LogP contribution < -0.4 is 4.74 Å². The second kappa shape index (κ2) is 6.82. The lowest BCUT2D eigenvalue weighted by molar-refractivity contribution is 0.374. The third-order valence-corrected chi connectivity index (χ3v) is 4.05. The first-order chi connectivity index (χ1) is 11.1. The Balaban J connectivity index is 1.63. The Morgan fingerprint density at radius 2 is 2.00 bits per heavy atom. The highest BCUT2D eigenvalue weighted by Gasteiger charge is 2.18. The Labute approximate surface area is 137 Å². The molecule has 0 aliphatic rings. The smallest absolute Gasteiger partial charge is 0.277 e. The van der Waals surface area contributed by atoms with Crippen LogP contribution in [0.3, 0.4) is 0 Å². The average Bonchev–Trinajstić information content (AvgIpc) is 3.17. The molecule has 0 fully saturated rings. The fraction of sp³-hybridized carbons (Fsp3) is 0.333. The number of hydrogen-bond donors (Lipinski definition) is 0. The lowest BCUT2D eigenvalue weighted by atomic mass is 10.1. The first kappa shape index (κ1) is 15.5. The van der Waals surface area contributed by atoms with E-state index in [0.717, 1.165) is 11.3 Å². The van der Waals surface area contributed by atoms with Crippen molar-refractivity contribution < 1.29 is 13.7 Å². The van der Waals surface area contributed by atoms with Gasteiger partial charge in [0.15, 0.2) is 5.82 Å². The molecular weight excluding hydrogens is 316 g/mol. The lowest BCUT2D eigenvalue weighted by Crippen LogP contribution is -1.89. The molecule has 0 aliphatic carbocycles. The van der Waals surface area contributed by atoms with Gasteiger partial charge in [-0.2, -0.15) is 4.98 Å². The van der Waals surface area contributed by atoms with Gasteiger partial charge in [0.25, 0.3) is 5.22 Å². The minimum Gasteiger partial charge on any atom is -0.497 e. The van der Waals surface area contributed by atoms with Crippen LogP contribution in [0.4, 0.5) is 0 Å². The van der Waals surface area contributed by atoms with Gasteiger partial charge in [-0.25, -0.2) is 0 Å². The van der Waals surface area contributed by atoms with E-state index >= 15 is 0 Å². The highest BCUT2D eigenvalue weighted by Crippen LogP contribution is 2.33. The molecule has 8 heteroatoms. The number of nitrogens with zero attached hydrogens (tertiary/aromatic N) is 4. The SMILES string of the molecule is COc1ccc(Cc2nnc(SC(C)c3nc(C)no3)o2)cc1. The summed E-state index contributed by atoms with van der Waals surface area (Å²) < 4.78 is 15.9. The van der Waals surface area contributed by atoms with E-state index in [4.69, 9.17) is 13.7 Å². The summed E-state index contributed by atoms with van der Waals surface area (Å²) in [6.45, 7) is 3.73. The van der Waals surface area contributed by atoms with Crippen LogP contribution in [0.25, 0.3) is 0 Å². The number of benzene rings is 1. The number of methoxy groups -OCH3 is 1. The number of rotatable bonds is 6. The first-order valence-corrected chi connectivity index (χ1v) is 7.94. The topological polar surface area (TPSA) is 87.1 Å². The van der Waals surface area contributed by atoms with Gasteiger partial charge in [-0.1, -0.05) is 29.1 Å². The Morgan fingerprint density at radius 1 is 1.22 bits per heavy atom. The van der Waals surface area contributed by atoms with Crippen molar-refractivity contribution in [3.05, 3.63) is 47.4 Å². The van der Waals surface area contributed by atoms with Crippen molar-refractivity contribution in [3.8, 4) is 5.75 Å². The van der Waals surface area contributed by atoms with Gasteiger partial charge in [-0.05, 0) is 31.5 Å². The van der Waals surface area contributed by atoms with Crippen LogP contribution in [0.1, 0.15) is 35.3 Å². The second-order valence-corrected chi connectivity index (χ2v) is 6.22. The predicted octanol–water partition coefficient (Wildman–Crippen LogP) is 3.21. The summed E-state index contributed by atoms with van der Waals surface area (Å²) in [5.41, 5.74) is 1.08. The maximum absolute atomic E-state index is 5.66. The maximum atomic E-state index is 5.66. The van der Waals surface area contributed by atoms with Gasteiger partial charge in [0.1, 0.15) is 5.75 Å². The molecule has 0 amide bonds. The summed E-state index contributed by atoms with van der Waals surface area (Å²) >= 11 is 1.39. The number of ether oxygens (including phenoxy) is 1. The van der Waals surface area contributed by atoms with Crippen molar-refractivity contribution in [1.82, 2.24) is 20.3 Å². The van der Waals surface area contributed by atoms with Gasteiger partial charge in [-0.15, -0.1) is 10.2 Å². The molecule has 0 saturated heterocycles. The standard InChI is InChI=1S/C15H16N4O3S/c1-9(14-16-10(2)19-22-14)23-15-18-17-13(21-15)8-11-4-6-12(20-3)7-5-11/h4-7,9H,8H2,1-3H3. The predicted molar refractivity (Wildman–Crippen MR) is 83.4 cm³/mol. The number of aryl methyl sites for hydroxylation is 1. The van der Waals surface area contributed by atoms with Crippen molar-refractivity contribution in [2.75, 3.05) is 7.11 Å². The van der Waals surface area contributed by atoms with Crippen LogP contribution in [-0.2, 0) is 6.42 Å². The molecular formula is C15H16N4O3S. The van der Waals surface area contributed by atoms with Gasteiger partial charge in [0, 0.05) is 0 Å². The highest BCUT2D eigenvalue weighted by atomic mass is 32.2. The third kappa shape index (κ3) is 3.89. The molecule has 2 aromatic heterocycles. The van der Waals surface area contributed by atoms with Crippen molar-refractivity contribution in [2.24, 2.45) is 0 Å². The number of thioether (sulfide) groups is 1. The van der Waals surface area contributed by atoms with Gasteiger partial charge >= 0.3 is 0 Å². The van der Waals surface area contributed by atoms with E-state index in [2.05, 4.69) is 20.3 Å². The fourth-order valence-electron chi connectivity index (χ4n) is 1.96. The summed E-state index contributed by atoms with van der Waals surface area (Å²) in [5, 5.41) is 12.3. The largest absolute Gasteiger partial charge is 0.497 e. The number of hydrogen-bond acceptors (Lipinski definition) is 8. The van der Waals surface area contributed by atoms with Crippen LogP contribution in [0.15, 0.2) is 38.4 Å². The molecule has 0 aliphatic heterocycles. The molecule has 0 N–H and O–H groups in total. The maximum Gasteiger partial charge on any atom is 0.277 e. The monoisotopic (exact) mass is 332 g/mol. The second-order valence-electron chi connectivity index (χ2n) is 4.93. The molecule has 0 radical (unpaired) electrons. The summed E-state index contributed by atoms with van der Waals surface area (Å²) in [5.74, 6) is 2.53. The van der Waals surface area contributed by atoms with Crippen molar-refractivity contribution in [2.45, 2.75) is 30.7 Å². The van der Waals surface area contributed by atoms with E-state index in [1.165, 1.54) is 11.8 Å². The van der Waals surface area contributed by atoms with Crippen LogP contribution in [0.5, 0.6) is 5.75 Å². The Bertz CT molecular complexity index is 769. The molecule has 2 heterocycles. The summed E-state index contributed by atoms with van der Waals surface area (Å²) in [7, 11) is 1.64. The Hall–Kier alpha value is -2.35. The van der Waals surface area contributed by atoms with E-state index in [9.17, 15) is 0 Å². The average molecular weight is 332 g/mol. The van der Waals surface area contributed by atoms with Crippen LogP contribution in [0.2, 0.25) is 0 Å². The zero-order valence-electron chi connectivity index (χ0n) is 13.0. The van der Waals surface area contributed by atoms with Gasteiger partial charge in [0.2, 0.25) is 11.8 Å². The molecule has 0 bridgehead atoms. The van der Waals surface area contributed by atoms with E-state index in [-0.39, 0.29) is 5.25 Å². The van der Waals surface area contributed by atoms with Gasteiger partial charge < -0.3 is 13.7 Å². The van der Waals surface area contributed by atoms with Crippen LogP contribution in [0, 0.1) is 6.92 Å². The quantitative estimate of drug-likeness (QED) is 0.636. The van der Waals surface area contributed by atoms with E-state index < -0.39 is 0 Å². The normalized spacial score (nSPS) is 12.3. The van der Waals surface area contributed by atoms with Crippen LogP contribution in [-0.4, -0.2) is 27.4 Å². The molecule has 120 valence electrons. The molecule has 3 aromatic rings. The van der Waals surface area contributed by atoms with Crippen molar-refractivity contribution in [1.29, 1.82) is 0 Å². The summed E-state index contributed by atoms with van der Waals surface area (Å²) in [6, 6.07) is 7.75. The van der Waals surface area contributed by atoms with E-state index in [0.29, 0.717) is 29.2 Å². The van der Waals surface area contributed by atoms with Crippen LogP contribution >= 0.6 is 11.8 Å². The molecule has 1 unspecified atom stereocenters. The molecule has 1 atom stereocenters. The molecule has 7 nitrogen and oxygen atoms in total. The van der Waals surface area contributed by atoms with Gasteiger partial charge in [0.05, 0.1) is 18.8 Å².